The van der Waals surface area contributed by atoms with Crippen molar-refractivity contribution in [3.63, 3.8) is 0 Å². The summed E-state index contributed by atoms with van der Waals surface area (Å²) >= 11 is 1.51. The molecule has 0 radical (unpaired) electrons. The largest absolute Gasteiger partial charge is 0.493 e. The first-order chi connectivity index (χ1) is 16.6. The summed E-state index contributed by atoms with van der Waals surface area (Å²) in [6.45, 7) is 4.60. The van der Waals surface area contributed by atoms with Crippen LogP contribution in [0.3, 0.4) is 0 Å². The second-order valence-electron chi connectivity index (χ2n) is 10.0. The van der Waals surface area contributed by atoms with Gasteiger partial charge in [0.15, 0.2) is 5.58 Å². The highest BCUT2D eigenvalue weighted by atomic mass is 32.1. The third-order valence-electron chi connectivity index (χ3n) is 6.94. The highest BCUT2D eigenvalue weighted by Crippen LogP contribution is 2.35. The van der Waals surface area contributed by atoms with Crippen LogP contribution in [0.2, 0.25) is 0 Å². The zero-order valence-corrected chi connectivity index (χ0v) is 20.9. The van der Waals surface area contributed by atoms with E-state index in [9.17, 15) is 0 Å². The van der Waals surface area contributed by atoms with E-state index in [0.29, 0.717) is 10.8 Å². The van der Waals surface area contributed by atoms with Crippen molar-refractivity contribution in [1.82, 2.24) is 19.9 Å². The molecule has 1 aliphatic carbocycles. The number of hydrogen-bond acceptors (Lipinski definition) is 8. The molecule has 0 spiro atoms. The predicted molar refractivity (Wildman–Crippen MR) is 133 cm³/mol. The molecule has 3 aromatic rings. The standard InChI is InChI=1S/C26H33N5O2S/c1-30(2)15-22-24(32-17-19-3-4-19)8-6-21-23(29-33-26(21)22)7-5-18-9-11-31(12-10-18)16-25-28-14-20(13-27)34-25/h6,8,14,18-19H,3-5,7,9-12,15-17H2,1-2H3. The molecule has 3 heterocycles. The number of fused-ring (bicyclic) bond motifs is 1. The van der Waals surface area contributed by atoms with Crippen LogP contribution in [0.15, 0.2) is 22.9 Å². The first-order valence-electron chi connectivity index (χ1n) is 12.3. The Labute approximate surface area is 205 Å². The Hall–Kier alpha value is -2.47. The van der Waals surface area contributed by atoms with Crippen LogP contribution in [-0.2, 0) is 19.5 Å². The van der Waals surface area contributed by atoms with Crippen molar-refractivity contribution in [2.45, 2.75) is 51.6 Å². The van der Waals surface area contributed by atoms with Gasteiger partial charge in [0.05, 0.1) is 30.6 Å². The van der Waals surface area contributed by atoms with Crippen molar-refractivity contribution in [2.24, 2.45) is 11.8 Å². The van der Waals surface area contributed by atoms with E-state index in [4.69, 9.17) is 14.5 Å². The van der Waals surface area contributed by atoms with Crippen molar-refractivity contribution < 1.29 is 9.26 Å². The molecule has 2 aromatic heterocycles. The molecule has 5 rings (SSSR count). The third kappa shape index (κ3) is 5.60. The number of benzene rings is 1. The van der Waals surface area contributed by atoms with Crippen LogP contribution >= 0.6 is 11.3 Å². The van der Waals surface area contributed by atoms with Crippen LogP contribution in [0.5, 0.6) is 5.75 Å². The Balaban J connectivity index is 1.18. The molecular formula is C26H33N5O2S. The topological polar surface area (TPSA) is 78.4 Å². The predicted octanol–water partition coefficient (Wildman–Crippen LogP) is 4.85. The van der Waals surface area contributed by atoms with Gasteiger partial charge < -0.3 is 14.2 Å². The molecule has 1 aromatic carbocycles. The number of aryl methyl sites for hydroxylation is 1. The van der Waals surface area contributed by atoms with Gasteiger partial charge in [-0.25, -0.2) is 4.98 Å². The molecule has 1 saturated heterocycles. The Morgan fingerprint density at radius 1 is 1.21 bits per heavy atom. The summed E-state index contributed by atoms with van der Waals surface area (Å²) in [6.07, 6.45) is 8.71. The molecule has 0 N–H and O–H groups in total. The number of nitrogens with zero attached hydrogens (tertiary/aromatic N) is 5. The number of ether oxygens (including phenoxy) is 1. The van der Waals surface area contributed by atoms with E-state index >= 15 is 0 Å². The molecule has 1 aliphatic heterocycles. The summed E-state index contributed by atoms with van der Waals surface area (Å²) in [5.41, 5.74) is 3.06. The maximum atomic E-state index is 8.99. The molecule has 180 valence electrons. The number of piperidine rings is 1. The Morgan fingerprint density at radius 3 is 2.74 bits per heavy atom. The quantitative estimate of drug-likeness (QED) is 0.411. The molecular weight excluding hydrogens is 446 g/mol. The van der Waals surface area contributed by atoms with Crippen LogP contribution in [-0.4, -0.2) is 53.7 Å². The van der Waals surface area contributed by atoms with E-state index in [-0.39, 0.29) is 0 Å². The zero-order valence-electron chi connectivity index (χ0n) is 20.1. The van der Waals surface area contributed by atoms with Gasteiger partial charge in [-0.1, -0.05) is 5.16 Å². The highest BCUT2D eigenvalue weighted by Gasteiger charge is 2.25. The van der Waals surface area contributed by atoms with Gasteiger partial charge in [-0.15, -0.1) is 11.3 Å². The van der Waals surface area contributed by atoms with Crippen molar-refractivity contribution in [3.8, 4) is 11.8 Å². The summed E-state index contributed by atoms with van der Waals surface area (Å²) < 4.78 is 12.0. The second-order valence-corrected chi connectivity index (χ2v) is 11.1. The molecule has 0 unspecified atom stereocenters. The minimum absolute atomic E-state index is 0.695. The van der Waals surface area contributed by atoms with Gasteiger partial charge in [-0.05, 0) is 89.7 Å². The van der Waals surface area contributed by atoms with Crippen molar-refractivity contribution >= 4 is 22.3 Å². The van der Waals surface area contributed by atoms with E-state index in [1.807, 2.05) is 0 Å². The highest BCUT2D eigenvalue weighted by molar-refractivity contribution is 7.12. The van der Waals surface area contributed by atoms with Gasteiger partial charge in [-0.2, -0.15) is 5.26 Å². The summed E-state index contributed by atoms with van der Waals surface area (Å²) in [5, 5.41) is 15.6. The van der Waals surface area contributed by atoms with Gasteiger partial charge >= 0.3 is 0 Å². The normalized spacial score (nSPS) is 17.5. The first kappa shape index (κ1) is 23.3. The van der Waals surface area contributed by atoms with Crippen LogP contribution in [0.25, 0.3) is 11.0 Å². The molecule has 2 fully saturated rings. The lowest BCUT2D eigenvalue weighted by Gasteiger charge is -2.31. The van der Waals surface area contributed by atoms with Crippen LogP contribution in [0, 0.1) is 23.2 Å². The van der Waals surface area contributed by atoms with E-state index in [0.717, 1.165) is 84.5 Å². The van der Waals surface area contributed by atoms with E-state index < -0.39 is 0 Å². The van der Waals surface area contributed by atoms with Gasteiger partial charge in [0.1, 0.15) is 21.7 Å². The molecule has 8 heteroatoms. The number of thiazole rings is 1. The minimum atomic E-state index is 0.695. The lowest BCUT2D eigenvalue weighted by molar-refractivity contribution is 0.172. The van der Waals surface area contributed by atoms with Crippen LogP contribution in [0.1, 0.15) is 53.2 Å². The summed E-state index contributed by atoms with van der Waals surface area (Å²) in [7, 11) is 4.15. The van der Waals surface area contributed by atoms with Crippen LogP contribution in [0.4, 0.5) is 0 Å². The summed E-state index contributed by atoms with van der Waals surface area (Å²) in [4.78, 5) is 9.68. The monoisotopic (exact) mass is 479 g/mol. The average Bonchev–Trinajstić information content (AvgIpc) is 3.40. The molecule has 0 bridgehead atoms. The van der Waals surface area contributed by atoms with Gasteiger partial charge in [-0.3, -0.25) is 4.90 Å². The van der Waals surface area contributed by atoms with E-state index in [2.05, 4.69) is 52.2 Å². The van der Waals surface area contributed by atoms with Gasteiger partial charge in [0.2, 0.25) is 0 Å². The third-order valence-corrected chi connectivity index (χ3v) is 7.83. The minimum Gasteiger partial charge on any atom is -0.493 e. The van der Waals surface area contributed by atoms with Crippen molar-refractivity contribution in [1.29, 1.82) is 5.26 Å². The van der Waals surface area contributed by atoms with E-state index in [1.54, 1.807) is 6.20 Å². The van der Waals surface area contributed by atoms with Crippen molar-refractivity contribution in [2.75, 3.05) is 33.8 Å². The maximum Gasteiger partial charge on any atom is 0.175 e. The smallest absolute Gasteiger partial charge is 0.175 e. The number of nitriles is 1. The number of rotatable bonds is 10. The Bertz CT molecular complexity index is 1150. The molecule has 7 nitrogen and oxygen atoms in total. The Kier molecular flexibility index (Phi) is 7.14. The fraction of sp³-hybridized carbons (Fsp3) is 0.577. The zero-order chi connectivity index (χ0) is 23.5. The average molecular weight is 480 g/mol. The van der Waals surface area contributed by atoms with E-state index in [1.165, 1.54) is 37.0 Å². The van der Waals surface area contributed by atoms with Crippen LogP contribution < -0.4 is 4.74 Å². The number of aromatic nitrogens is 2. The molecule has 34 heavy (non-hydrogen) atoms. The fourth-order valence-electron chi connectivity index (χ4n) is 4.77. The lowest BCUT2D eigenvalue weighted by Crippen LogP contribution is -2.33. The molecule has 0 amide bonds. The van der Waals surface area contributed by atoms with Crippen molar-refractivity contribution in [3.05, 3.63) is 39.5 Å². The SMILES string of the molecule is CN(C)Cc1c(OCC2CC2)ccc2c(CCC3CCN(Cc4ncc(C#N)s4)CC3)noc12. The first-order valence-corrected chi connectivity index (χ1v) is 13.2. The van der Waals surface area contributed by atoms with Gasteiger partial charge in [0, 0.05) is 11.9 Å². The molecule has 0 atom stereocenters. The molecule has 2 aliphatic rings. The lowest BCUT2D eigenvalue weighted by atomic mass is 9.91. The summed E-state index contributed by atoms with van der Waals surface area (Å²) in [6, 6.07) is 6.42. The van der Waals surface area contributed by atoms with Gasteiger partial charge in [0.25, 0.3) is 0 Å². The molecule has 1 saturated carbocycles. The number of likely N-dealkylation sites (tertiary alicyclic amines) is 1. The second kappa shape index (κ2) is 10.4. The number of hydrogen-bond donors (Lipinski definition) is 0. The fourth-order valence-corrected chi connectivity index (χ4v) is 5.52. The maximum absolute atomic E-state index is 8.99. The summed E-state index contributed by atoms with van der Waals surface area (Å²) in [5.74, 6) is 2.36. The Morgan fingerprint density at radius 2 is 2.03 bits per heavy atom.